The minimum Gasteiger partial charge on any atom is -0.465 e. The van der Waals surface area contributed by atoms with Crippen molar-refractivity contribution in [1.82, 2.24) is 10.2 Å². The molecule has 0 aromatic heterocycles. The summed E-state index contributed by atoms with van der Waals surface area (Å²) in [6.07, 6.45) is 3.54. The Hall–Kier alpha value is -0.610. The highest BCUT2D eigenvalue weighted by Crippen LogP contribution is 2.08. The highest BCUT2D eigenvalue weighted by atomic mass is 16.5. The van der Waals surface area contributed by atoms with Crippen LogP contribution in [0.4, 0.5) is 0 Å². The Bertz CT molecular complexity index is 203. The average Bonchev–Trinajstić information content (AvgIpc) is 2.77. The van der Waals surface area contributed by atoms with E-state index >= 15 is 0 Å². The first kappa shape index (κ1) is 13.5. The van der Waals surface area contributed by atoms with Crippen LogP contribution in [-0.4, -0.2) is 49.7 Å². The van der Waals surface area contributed by atoms with Gasteiger partial charge in [-0.15, -0.1) is 0 Å². The maximum Gasteiger partial charge on any atom is 0.324 e. The lowest BCUT2D eigenvalue weighted by Crippen LogP contribution is -2.46. The number of likely N-dealkylation sites (tertiary alicyclic amines) is 1. The molecule has 0 bridgehead atoms. The first-order chi connectivity index (χ1) is 7.77. The van der Waals surface area contributed by atoms with Crippen molar-refractivity contribution in [3.8, 4) is 0 Å². The molecule has 0 radical (unpaired) electrons. The number of esters is 1. The van der Waals surface area contributed by atoms with E-state index in [1.54, 1.807) is 0 Å². The summed E-state index contributed by atoms with van der Waals surface area (Å²) in [4.78, 5) is 14.1. The van der Waals surface area contributed by atoms with E-state index in [0.29, 0.717) is 6.61 Å². The van der Waals surface area contributed by atoms with E-state index in [2.05, 4.69) is 17.1 Å². The first-order valence-electron chi connectivity index (χ1n) is 6.40. The molecule has 1 atom stereocenters. The minimum absolute atomic E-state index is 0.108. The molecule has 4 heteroatoms. The Labute approximate surface area is 98.3 Å². The fourth-order valence-electron chi connectivity index (χ4n) is 2.01. The van der Waals surface area contributed by atoms with Gasteiger partial charge >= 0.3 is 5.97 Å². The molecule has 0 aromatic carbocycles. The quantitative estimate of drug-likeness (QED) is 0.660. The standard InChI is InChI=1S/C12H24N2O2/c1-3-7-13-11(12(15)16-4-2)10-14-8-5-6-9-14/h11,13H,3-10H2,1-2H3. The molecule has 4 nitrogen and oxygen atoms in total. The lowest BCUT2D eigenvalue weighted by molar-refractivity contribution is -0.146. The second kappa shape index (κ2) is 7.63. The summed E-state index contributed by atoms with van der Waals surface area (Å²) >= 11 is 0. The van der Waals surface area contributed by atoms with Gasteiger partial charge in [-0.3, -0.25) is 4.79 Å². The van der Waals surface area contributed by atoms with Crippen molar-refractivity contribution < 1.29 is 9.53 Å². The number of nitrogens with one attached hydrogen (secondary N) is 1. The van der Waals surface area contributed by atoms with Crippen LogP contribution in [0, 0.1) is 0 Å². The van der Waals surface area contributed by atoms with Crippen molar-refractivity contribution >= 4 is 5.97 Å². The summed E-state index contributed by atoms with van der Waals surface area (Å²) in [6.45, 7) is 8.31. The molecule has 0 amide bonds. The fraction of sp³-hybridized carbons (Fsp3) is 0.917. The van der Waals surface area contributed by atoms with E-state index in [-0.39, 0.29) is 12.0 Å². The average molecular weight is 228 g/mol. The minimum atomic E-state index is -0.155. The lowest BCUT2D eigenvalue weighted by atomic mass is 10.2. The van der Waals surface area contributed by atoms with Crippen LogP contribution in [-0.2, 0) is 9.53 Å². The van der Waals surface area contributed by atoms with E-state index in [0.717, 1.165) is 32.6 Å². The van der Waals surface area contributed by atoms with Gasteiger partial charge in [0, 0.05) is 6.54 Å². The maximum absolute atomic E-state index is 11.7. The number of ether oxygens (including phenoxy) is 1. The van der Waals surface area contributed by atoms with Crippen molar-refractivity contribution in [2.45, 2.75) is 39.2 Å². The Kier molecular flexibility index (Phi) is 6.42. The third kappa shape index (κ3) is 4.49. The first-order valence-corrected chi connectivity index (χ1v) is 6.40. The molecule has 1 saturated heterocycles. The number of hydrogen-bond donors (Lipinski definition) is 1. The third-order valence-corrected chi connectivity index (χ3v) is 2.85. The van der Waals surface area contributed by atoms with Crippen molar-refractivity contribution in [3.05, 3.63) is 0 Å². The van der Waals surface area contributed by atoms with Crippen LogP contribution in [0.3, 0.4) is 0 Å². The van der Waals surface area contributed by atoms with Crippen molar-refractivity contribution in [2.75, 3.05) is 32.8 Å². The summed E-state index contributed by atoms with van der Waals surface area (Å²) in [5.74, 6) is -0.108. The summed E-state index contributed by atoms with van der Waals surface area (Å²) in [6, 6.07) is -0.155. The van der Waals surface area contributed by atoms with E-state index in [1.165, 1.54) is 12.8 Å². The Balaban J connectivity index is 2.38. The zero-order valence-electron chi connectivity index (χ0n) is 10.5. The van der Waals surface area contributed by atoms with Gasteiger partial charge in [-0.05, 0) is 45.8 Å². The van der Waals surface area contributed by atoms with Gasteiger partial charge in [0.2, 0.25) is 0 Å². The summed E-state index contributed by atoms with van der Waals surface area (Å²) in [5, 5.41) is 3.26. The predicted molar refractivity (Wildman–Crippen MR) is 64.4 cm³/mol. The molecule has 1 fully saturated rings. The monoisotopic (exact) mass is 228 g/mol. The van der Waals surface area contributed by atoms with Crippen molar-refractivity contribution in [2.24, 2.45) is 0 Å². The molecule has 1 N–H and O–H groups in total. The van der Waals surface area contributed by atoms with Crippen LogP contribution in [0.15, 0.2) is 0 Å². The van der Waals surface area contributed by atoms with Crippen LogP contribution in [0.5, 0.6) is 0 Å². The normalized spacial score (nSPS) is 18.6. The van der Waals surface area contributed by atoms with Crippen LogP contribution >= 0.6 is 0 Å². The van der Waals surface area contributed by atoms with Crippen LogP contribution in [0.25, 0.3) is 0 Å². The Morgan fingerprint density at radius 1 is 1.38 bits per heavy atom. The molecule has 0 aliphatic carbocycles. The number of carbonyl (C=O) groups is 1. The van der Waals surface area contributed by atoms with E-state index in [1.807, 2.05) is 6.92 Å². The van der Waals surface area contributed by atoms with E-state index in [9.17, 15) is 4.79 Å². The van der Waals surface area contributed by atoms with Crippen molar-refractivity contribution in [3.63, 3.8) is 0 Å². The zero-order valence-corrected chi connectivity index (χ0v) is 10.5. The molecule has 1 heterocycles. The second-order valence-corrected chi connectivity index (χ2v) is 4.27. The lowest BCUT2D eigenvalue weighted by Gasteiger charge is -2.22. The second-order valence-electron chi connectivity index (χ2n) is 4.27. The summed E-state index contributed by atoms with van der Waals surface area (Å²) < 4.78 is 5.08. The van der Waals surface area contributed by atoms with Gasteiger partial charge in [-0.25, -0.2) is 0 Å². The maximum atomic E-state index is 11.7. The van der Waals surface area contributed by atoms with Gasteiger partial charge < -0.3 is 15.0 Å². The van der Waals surface area contributed by atoms with Gasteiger partial charge in [-0.2, -0.15) is 0 Å². The third-order valence-electron chi connectivity index (χ3n) is 2.85. The van der Waals surface area contributed by atoms with Crippen LogP contribution in [0.1, 0.15) is 33.1 Å². The van der Waals surface area contributed by atoms with Gasteiger partial charge in [0.1, 0.15) is 6.04 Å². The van der Waals surface area contributed by atoms with Gasteiger partial charge in [0.25, 0.3) is 0 Å². The van der Waals surface area contributed by atoms with Crippen molar-refractivity contribution in [1.29, 1.82) is 0 Å². The molecule has 0 saturated carbocycles. The molecule has 0 aromatic rings. The smallest absolute Gasteiger partial charge is 0.324 e. The van der Waals surface area contributed by atoms with E-state index < -0.39 is 0 Å². The molecule has 1 aliphatic heterocycles. The molecular formula is C12H24N2O2. The fourth-order valence-corrected chi connectivity index (χ4v) is 2.01. The zero-order chi connectivity index (χ0) is 11.8. The Morgan fingerprint density at radius 2 is 2.06 bits per heavy atom. The number of hydrogen-bond acceptors (Lipinski definition) is 4. The number of rotatable bonds is 7. The highest BCUT2D eigenvalue weighted by Gasteiger charge is 2.23. The topological polar surface area (TPSA) is 41.6 Å². The summed E-state index contributed by atoms with van der Waals surface area (Å²) in [7, 11) is 0. The number of nitrogens with zero attached hydrogens (tertiary/aromatic N) is 1. The van der Waals surface area contributed by atoms with Crippen LogP contribution < -0.4 is 5.32 Å². The van der Waals surface area contributed by atoms with E-state index in [4.69, 9.17) is 4.74 Å². The highest BCUT2D eigenvalue weighted by molar-refractivity contribution is 5.76. The predicted octanol–water partition coefficient (Wildman–Crippen LogP) is 1.01. The SMILES string of the molecule is CCCNC(CN1CCCC1)C(=O)OCC. The van der Waals surface area contributed by atoms with Gasteiger partial charge in [-0.1, -0.05) is 6.92 Å². The van der Waals surface area contributed by atoms with Crippen LogP contribution in [0.2, 0.25) is 0 Å². The van der Waals surface area contributed by atoms with Gasteiger partial charge in [0.15, 0.2) is 0 Å². The summed E-state index contributed by atoms with van der Waals surface area (Å²) in [5.41, 5.74) is 0. The number of carbonyl (C=O) groups excluding carboxylic acids is 1. The molecular weight excluding hydrogens is 204 g/mol. The molecule has 1 unspecified atom stereocenters. The van der Waals surface area contributed by atoms with Gasteiger partial charge in [0.05, 0.1) is 6.61 Å². The molecule has 94 valence electrons. The molecule has 0 spiro atoms. The Morgan fingerprint density at radius 3 is 2.62 bits per heavy atom. The molecule has 1 rings (SSSR count). The molecule has 16 heavy (non-hydrogen) atoms. The largest absolute Gasteiger partial charge is 0.465 e. The molecule has 1 aliphatic rings.